The zero-order chi connectivity index (χ0) is 11.7. The molecule has 92 valence electrons. The van der Waals surface area contributed by atoms with Crippen LogP contribution in [0.2, 0.25) is 0 Å². The van der Waals surface area contributed by atoms with Crippen molar-refractivity contribution in [2.24, 2.45) is 5.73 Å². The molecule has 1 aromatic rings. The van der Waals surface area contributed by atoms with Crippen LogP contribution in [0, 0.1) is 0 Å². The Labute approximate surface area is 101 Å². The van der Waals surface area contributed by atoms with Crippen molar-refractivity contribution in [3.05, 3.63) is 18.1 Å². The topological polar surface area (TPSA) is 64.3 Å². The molecule has 1 aliphatic carbocycles. The van der Waals surface area contributed by atoms with E-state index in [4.69, 9.17) is 10.5 Å². The first-order valence-corrected chi connectivity index (χ1v) is 6.28. The quantitative estimate of drug-likeness (QED) is 0.815. The lowest BCUT2D eigenvalue weighted by Gasteiger charge is -2.38. The summed E-state index contributed by atoms with van der Waals surface area (Å²) in [6, 6.07) is 0.478. The molecule has 1 saturated carbocycles. The molecule has 2 N–H and O–H groups in total. The van der Waals surface area contributed by atoms with Gasteiger partial charge in [0.2, 0.25) is 0 Å². The van der Waals surface area contributed by atoms with Crippen LogP contribution in [0.5, 0.6) is 0 Å². The highest BCUT2D eigenvalue weighted by Gasteiger charge is 2.36. The van der Waals surface area contributed by atoms with Crippen molar-refractivity contribution in [2.45, 2.75) is 38.0 Å². The number of anilines is 1. The Morgan fingerprint density at radius 1 is 1.41 bits per heavy atom. The van der Waals surface area contributed by atoms with Crippen LogP contribution in [0.25, 0.3) is 0 Å². The van der Waals surface area contributed by atoms with E-state index in [-0.39, 0.29) is 0 Å². The molecular formula is C12H18N4O. The second kappa shape index (κ2) is 4.58. The van der Waals surface area contributed by atoms with Crippen LogP contribution in [0.3, 0.4) is 0 Å². The van der Waals surface area contributed by atoms with Gasteiger partial charge in [-0.1, -0.05) is 0 Å². The van der Waals surface area contributed by atoms with Crippen LogP contribution >= 0.6 is 0 Å². The highest BCUT2D eigenvalue weighted by Crippen LogP contribution is 2.31. The highest BCUT2D eigenvalue weighted by molar-refractivity contribution is 5.39. The zero-order valence-electron chi connectivity index (χ0n) is 9.88. The molecule has 1 aliphatic heterocycles. The molecule has 0 spiro atoms. The summed E-state index contributed by atoms with van der Waals surface area (Å²) >= 11 is 0. The van der Waals surface area contributed by atoms with Gasteiger partial charge in [0.15, 0.2) is 0 Å². The minimum absolute atomic E-state index is 0.382. The molecule has 5 heteroatoms. The minimum Gasteiger partial charge on any atom is -0.374 e. The number of morpholine rings is 1. The first-order chi connectivity index (χ1) is 8.38. The van der Waals surface area contributed by atoms with Gasteiger partial charge in [0.25, 0.3) is 0 Å². The second-order valence-electron chi connectivity index (χ2n) is 4.67. The predicted octanol–water partition coefficient (Wildman–Crippen LogP) is 0.693. The average molecular weight is 234 g/mol. The van der Waals surface area contributed by atoms with E-state index in [1.165, 1.54) is 19.3 Å². The van der Waals surface area contributed by atoms with Gasteiger partial charge in [-0.05, 0) is 19.3 Å². The van der Waals surface area contributed by atoms with Crippen molar-refractivity contribution >= 4 is 5.82 Å². The fourth-order valence-corrected chi connectivity index (χ4v) is 2.84. The molecule has 0 amide bonds. The molecule has 1 saturated heterocycles. The van der Waals surface area contributed by atoms with Crippen molar-refractivity contribution in [3.8, 4) is 0 Å². The number of nitrogens with two attached hydrogens (primary N) is 1. The van der Waals surface area contributed by atoms with E-state index >= 15 is 0 Å². The molecule has 0 aromatic carbocycles. The Morgan fingerprint density at radius 2 is 2.35 bits per heavy atom. The van der Waals surface area contributed by atoms with Crippen LogP contribution in [0.4, 0.5) is 5.82 Å². The van der Waals surface area contributed by atoms with Crippen LogP contribution < -0.4 is 10.6 Å². The number of hydrogen-bond donors (Lipinski definition) is 1. The first-order valence-electron chi connectivity index (χ1n) is 6.28. The van der Waals surface area contributed by atoms with Gasteiger partial charge in [0.05, 0.1) is 30.6 Å². The second-order valence-corrected chi connectivity index (χ2v) is 4.67. The molecule has 2 unspecified atom stereocenters. The Morgan fingerprint density at radius 3 is 3.24 bits per heavy atom. The van der Waals surface area contributed by atoms with Crippen molar-refractivity contribution in [2.75, 3.05) is 18.1 Å². The third-order valence-electron chi connectivity index (χ3n) is 3.66. The fourth-order valence-electron chi connectivity index (χ4n) is 2.84. The summed E-state index contributed by atoms with van der Waals surface area (Å²) in [7, 11) is 0. The molecule has 3 rings (SSSR count). The summed E-state index contributed by atoms with van der Waals surface area (Å²) in [6.45, 7) is 2.14. The Bertz CT molecular complexity index is 398. The van der Waals surface area contributed by atoms with Gasteiger partial charge in [0, 0.05) is 19.3 Å². The number of aromatic nitrogens is 2. The lowest BCUT2D eigenvalue weighted by Crippen LogP contribution is -2.49. The van der Waals surface area contributed by atoms with Gasteiger partial charge < -0.3 is 15.4 Å². The third-order valence-corrected chi connectivity index (χ3v) is 3.66. The van der Waals surface area contributed by atoms with Crippen molar-refractivity contribution in [1.82, 2.24) is 9.97 Å². The van der Waals surface area contributed by atoms with Crippen molar-refractivity contribution < 1.29 is 4.74 Å². The average Bonchev–Trinajstić information content (AvgIpc) is 2.87. The Balaban J connectivity index is 1.86. The van der Waals surface area contributed by atoms with E-state index < -0.39 is 0 Å². The van der Waals surface area contributed by atoms with E-state index in [9.17, 15) is 0 Å². The summed E-state index contributed by atoms with van der Waals surface area (Å²) in [4.78, 5) is 11.1. The minimum atomic E-state index is 0.382. The van der Waals surface area contributed by atoms with Gasteiger partial charge in [-0.3, -0.25) is 4.98 Å². The maximum absolute atomic E-state index is 5.80. The summed E-state index contributed by atoms with van der Waals surface area (Å²) in [5.41, 5.74) is 6.46. The van der Waals surface area contributed by atoms with Gasteiger partial charge in [-0.2, -0.15) is 0 Å². The highest BCUT2D eigenvalue weighted by atomic mass is 16.5. The molecule has 2 heterocycles. The molecule has 2 aliphatic rings. The number of nitrogens with zero attached hydrogens (tertiary/aromatic N) is 3. The van der Waals surface area contributed by atoms with Gasteiger partial charge >= 0.3 is 0 Å². The molecule has 0 radical (unpaired) electrons. The van der Waals surface area contributed by atoms with E-state index in [0.717, 1.165) is 24.7 Å². The van der Waals surface area contributed by atoms with E-state index in [1.54, 1.807) is 6.20 Å². The normalized spacial score (nSPS) is 28.2. The SMILES string of the molecule is NCc1cncc(N2CCOC3CCCC32)n1. The molecule has 2 atom stereocenters. The van der Waals surface area contributed by atoms with Gasteiger partial charge in [-0.25, -0.2) is 4.98 Å². The molecule has 0 bridgehead atoms. The lowest BCUT2D eigenvalue weighted by atomic mass is 10.1. The number of fused-ring (bicyclic) bond motifs is 1. The van der Waals surface area contributed by atoms with E-state index in [1.807, 2.05) is 6.20 Å². The van der Waals surface area contributed by atoms with Crippen molar-refractivity contribution in [1.29, 1.82) is 0 Å². The molecule has 1 aromatic heterocycles. The fraction of sp³-hybridized carbons (Fsp3) is 0.667. The van der Waals surface area contributed by atoms with Crippen LogP contribution in [-0.2, 0) is 11.3 Å². The number of hydrogen-bond acceptors (Lipinski definition) is 5. The van der Waals surface area contributed by atoms with Crippen LogP contribution in [-0.4, -0.2) is 35.3 Å². The summed E-state index contributed by atoms with van der Waals surface area (Å²) in [5.74, 6) is 0.952. The zero-order valence-corrected chi connectivity index (χ0v) is 9.88. The maximum atomic E-state index is 5.80. The Kier molecular flexibility index (Phi) is 2.94. The lowest BCUT2D eigenvalue weighted by molar-refractivity contribution is 0.0253. The van der Waals surface area contributed by atoms with Crippen LogP contribution in [0.1, 0.15) is 25.0 Å². The number of rotatable bonds is 2. The third kappa shape index (κ3) is 2.00. The molecule has 2 fully saturated rings. The largest absolute Gasteiger partial charge is 0.374 e. The van der Waals surface area contributed by atoms with Gasteiger partial charge in [-0.15, -0.1) is 0 Å². The molecular weight excluding hydrogens is 216 g/mol. The van der Waals surface area contributed by atoms with Gasteiger partial charge in [0.1, 0.15) is 5.82 Å². The summed E-state index contributed by atoms with van der Waals surface area (Å²) in [5, 5.41) is 0. The molecule has 17 heavy (non-hydrogen) atoms. The predicted molar refractivity (Wildman–Crippen MR) is 64.6 cm³/mol. The summed E-state index contributed by atoms with van der Waals surface area (Å²) < 4.78 is 5.80. The van der Waals surface area contributed by atoms with E-state index in [2.05, 4.69) is 14.9 Å². The number of ether oxygens (including phenoxy) is 1. The standard InChI is InChI=1S/C12H18N4O/c13-6-9-7-14-8-12(15-9)16-4-5-17-11-3-1-2-10(11)16/h7-8,10-11H,1-6,13H2. The smallest absolute Gasteiger partial charge is 0.147 e. The maximum Gasteiger partial charge on any atom is 0.147 e. The van der Waals surface area contributed by atoms with Crippen molar-refractivity contribution in [3.63, 3.8) is 0 Å². The monoisotopic (exact) mass is 234 g/mol. The molecule has 5 nitrogen and oxygen atoms in total. The summed E-state index contributed by atoms with van der Waals surface area (Å²) in [6.07, 6.45) is 7.56. The van der Waals surface area contributed by atoms with Crippen LogP contribution in [0.15, 0.2) is 12.4 Å². The van der Waals surface area contributed by atoms with E-state index in [0.29, 0.717) is 18.7 Å². The Hall–Kier alpha value is -1.20. The first kappa shape index (κ1) is 10.9.